The number of nitrogens with one attached hydrogen (secondary N) is 1. The summed E-state index contributed by atoms with van der Waals surface area (Å²) in [4.78, 5) is 14.6. The Kier molecular flexibility index (Phi) is 4.75. The molecule has 0 spiro atoms. The molecule has 0 aromatic heterocycles. The number of rotatable bonds is 4. The Morgan fingerprint density at radius 3 is 2.57 bits per heavy atom. The van der Waals surface area contributed by atoms with Gasteiger partial charge in [-0.05, 0) is 42.7 Å². The highest BCUT2D eigenvalue weighted by Crippen LogP contribution is 2.26. The molecule has 0 atom stereocenters. The number of nitrogens with zero attached hydrogens (tertiary/aromatic N) is 1. The highest BCUT2D eigenvalue weighted by atomic mass is 32.2. The van der Waals surface area contributed by atoms with Gasteiger partial charge in [-0.25, -0.2) is 0 Å². The summed E-state index contributed by atoms with van der Waals surface area (Å²) in [6.45, 7) is 0. The normalized spacial score (nSPS) is 10.2. The van der Waals surface area contributed by atoms with E-state index in [1.165, 1.54) is 9.80 Å². The molecule has 2 rings (SSSR count). The van der Waals surface area contributed by atoms with Gasteiger partial charge in [0.05, 0.1) is 11.4 Å². The Morgan fingerprint density at radius 1 is 1.19 bits per heavy atom. The maximum Gasteiger partial charge on any atom is 0.253 e. The van der Waals surface area contributed by atoms with Gasteiger partial charge < -0.3 is 16.0 Å². The number of nitrogen functional groups attached to an aromatic ring is 1. The van der Waals surface area contributed by atoms with Gasteiger partial charge in [-0.15, -0.1) is 11.8 Å². The second kappa shape index (κ2) is 6.54. The fourth-order valence-corrected chi connectivity index (χ4v) is 2.38. The SMILES string of the molecule is CSc1cccc(Nc2ccc(C(=O)N(C)C)cc2N)c1. The molecule has 110 valence electrons. The molecule has 0 saturated carbocycles. The monoisotopic (exact) mass is 301 g/mol. The molecular formula is C16H19N3OS. The minimum Gasteiger partial charge on any atom is -0.397 e. The number of carbonyl (C=O) groups excluding carboxylic acids is 1. The third-order valence-electron chi connectivity index (χ3n) is 3.05. The average molecular weight is 301 g/mol. The minimum absolute atomic E-state index is 0.0577. The van der Waals surface area contributed by atoms with Crippen LogP contribution in [0.25, 0.3) is 0 Å². The first-order chi connectivity index (χ1) is 10.0. The lowest BCUT2D eigenvalue weighted by Gasteiger charge is -2.14. The van der Waals surface area contributed by atoms with Gasteiger partial charge in [-0.2, -0.15) is 0 Å². The van der Waals surface area contributed by atoms with Gasteiger partial charge in [0.25, 0.3) is 5.91 Å². The van der Waals surface area contributed by atoms with Crippen LogP contribution in [0.4, 0.5) is 17.1 Å². The van der Waals surface area contributed by atoms with Crippen molar-refractivity contribution in [2.45, 2.75) is 4.90 Å². The molecule has 0 bridgehead atoms. The first kappa shape index (κ1) is 15.3. The smallest absolute Gasteiger partial charge is 0.253 e. The highest BCUT2D eigenvalue weighted by Gasteiger charge is 2.10. The number of nitrogens with two attached hydrogens (primary N) is 1. The molecule has 2 aromatic rings. The number of hydrogen-bond donors (Lipinski definition) is 2. The van der Waals surface area contributed by atoms with E-state index in [1.54, 1.807) is 38.0 Å². The number of thioether (sulfide) groups is 1. The zero-order valence-electron chi connectivity index (χ0n) is 12.4. The van der Waals surface area contributed by atoms with Crippen LogP contribution in [0, 0.1) is 0 Å². The molecule has 0 aliphatic carbocycles. The Bertz CT molecular complexity index is 656. The predicted molar refractivity (Wildman–Crippen MR) is 90.4 cm³/mol. The minimum atomic E-state index is -0.0577. The lowest BCUT2D eigenvalue weighted by atomic mass is 10.1. The van der Waals surface area contributed by atoms with E-state index in [0.717, 1.165) is 11.4 Å². The van der Waals surface area contributed by atoms with Crippen LogP contribution in [0.5, 0.6) is 0 Å². The largest absolute Gasteiger partial charge is 0.397 e. The van der Waals surface area contributed by atoms with Crippen molar-refractivity contribution in [2.75, 3.05) is 31.4 Å². The van der Waals surface area contributed by atoms with Crippen LogP contribution in [0.15, 0.2) is 47.4 Å². The fourth-order valence-electron chi connectivity index (χ4n) is 1.92. The zero-order chi connectivity index (χ0) is 15.4. The van der Waals surface area contributed by atoms with Crippen LogP contribution in [-0.4, -0.2) is 31.2 Å². The molecule has 21 heavy (non-hydrogen) atoms. The standard InChI is InChI=1S/C16H19N3OS/c1-19(2)16(20)11-7-8-15(14(17)9-11)18-12-5-4-6-13(10-12)21-3/h4-10,18H,17H2,1-3H3. The van der Waals surface area contributed by atoms with Gasteiger partial charge in [0.2, 0.25) is 0 Å². The van der Waals surface area contributed by atoms with Crippen LogP contribution in [0.1, 0.15) is 10.4 Å². The van der Waals surface area contributed by atoms with Crippen LogP contribution in [0.2, 0.25) is 0 Å². The summed E-state index contributed by atoms with van der Waals surface area (Å²) in [7, 11) is 3.44. The second-order valence-corrected chi connectivity index (χ2v) is 5.74. The number of carbonyl (C=O) groups is 1. The van der Waals surface area contributed by atoms with Gasteiger partial charge in [-0.1, -0.05) is 6.07 Å². The van der Waals surface area contributed by atoms with E-state index in [1.807, 2.05) is 24.5 Å². The van der Waals surface area contributed by atoms with E-state index in [2.05, 4.69) is 17.4 Å². The molecular weight excluding hydrogens is 282 g/mol. The Morgan fingerprint density at radius 2 is 1.95 bits per heavy atom. The van der Waals surface area contributed by atoms with E-state index in [4.69, 9.17) is 5.73 Å². The van der Waals surface area contributed by atoms with Crippen molar-refractivity contribution in [2.24, 2.45) is 0 Å². The third kappa shape index (κ3) is 3.70. The van der Waals surface area contributed by atoms with Crippen molar-refractivity contribution in [3.05, 3.63) is 48.0 Å². The summed E-state index contributed by atoms with van der Waals surface area (Å²) in [6.07, 6.45) is 2.04. The third-order valence-corrected chi connectivity index (χ3v) is 3.78. The predicted octanol–water partition coefficient (Wildman–Crippen LogP) is 3.44. The van der Waals surface area contributed by atoms with Crippen molar-refractivity contribution < 1.29 is 4.79 Å². The lowest BCUT2D eigenvalue weighted by molar-refractivity contribution is 0.0827. The molecule has 1 amide bonds. The Hall–Kier alpha value is -2.14. The molecule has 0 radical (unpaired) electrons. The summed E-state index contributed by atoms with van der Waals surface area (Å²) >= 11 is 1.69. The number of benzene rings is 2. The second-order valence-electron chi connectivity index (χ2n) is 4.86. The van der Waals surface area contributed by atoms with Crippen LogP contribution >= 0.6 is 11.8 Å². The quantitative estimate of drug-likeness (QED) is 0.671. The Balaban J connectivity index is 2.23. The molecule has 2 aromatic carbocycles. The fraction of sp³-hybridized carbons (Fsp3) is 0.188. The summed E-state index contributed by atoms with van der Waals surface area (Å²) in [5.41, 5.74) is 8.94. The first-order valence-corrected chi connectivity index (χ1v) is 7.76. The maximum atomic E-state index is 11.9. The van der Waals surface area contributed by atoms with E-state index in [0.29, 0.717) is 11.3 Å². The summed E-state index contributed by atoms with van der Waals surface area (Å²) in [5, 5.41) is 3.28. The molecule has 4 nitrogen and oxygen atoms in total. The summed E-state index contributed by atoms with van der Waals surface area (Å²) in [5.74, 6) is -0.0577. The van der Waals surface area contributed by atoms with Crippen LogP contribution in [-0.2, 0) is 0 Å². The Labute approximate surface area is 129 Å². The van der Waals surface area contributed by atoms with Crippen molar-refractivity contribution in [1.82, 2.24) is 4.90 Å². The number of amides is 1. The molecule has 0 fully saturated rings. The molecule has 5 heteroatoms. The van der Waals surface area contributed by atoms with E-state index >= 15 is 0 Å². The first-order valence-electron chi connectivity index (χ1n) is 6.53. The van der Waals surface area contributed by atoms with Gasteiger partial charge in [0, 0.05) is 30.2 Å². The number of hydrogen-bond acceptors (Lipinski definition) is 4. The van der Waals surface area contributed by atoms with Gasteiger partial charge in [0.1, 0.15) is 0 Å². The molecule has 0 aliphatic rings. The molecule has 0 aliphatic heterocycles. The summed E-state index contributed by atoms with van der Waals surface area (Å²) < 4.78 is 0. The summed E-state index contributed by atoms with van der Waals surface area (Å²) in [6, 6.07) is 13.4. The average Bonchev–Trinajstić information content (AvgIpc) is 2.48. The highest BCUT2D eigenvalue weighted by molar-refractivity contribution is 7.98. The van der Waals surface area contributed by atoms with E-state index in [9.17, 15) is 4.79 Å². The topological polar surface area (TPSA) is 58.4 Å². The van der Waals surface area contributed by atoms with E-state index in [-0.39, 0.29) is 5.91 Å². The maximum absolute atomic E-state index is 11.9. The van der Waals surface area contributed by atoms with Crippen LogP contribution in [0.3, 0.4) is 0 Å². The number of anilines is 3. The lowest BCUT2D eigenvalue weighted by Crippen LogP contribution is -2.21. The van der Waals surface area contributed by atoms with Gasteiger partial charge >= 0.3 is 0 Å². The molecule has 0 saturated heterocycles. The van der Waals surface area contributed by atoms with Gasteiger partial charge in [-0.3, -0.25) is 4.79 Å². The molecule has 0 unspecified atom stereocenters. The van der Waals surface area contributed by atoms with E-state index < -0.39 is 0 Å². The van der Waals surface area contributed by atoms with Crippen molar-refractivity contribution in [1.29, 1.82) is 0 Å². The molecule has 0 heterocycles. The van der Waals surface area contributed by atoms with Crippen molar-refractivity contribution in [3.8, 4) is 0 Å². The molecule has 3 N–H and O–H groups in total. The van der Waals surface area contributed by atoms with Crippen LogP contribution < -0.4 is 11.1 Å². The van der Waals surface area contributed by atoms with Gasteiger partial charge in [0.15, 0.2) is 0 Å². The van der Waals surface area contributed by atoms with Crippen molar-refractivity contribution >= 4 is 34.7 Å². The van der Waals surface area contributed by atoms with Crippen molar-refractivity contribution in [3.63, 3.8) is 0 Å². The zero-order valence-corrected chi connectivity index (χ0v) is 13.2.